The summed E-state index contributed by atoms with van der Waals surface area (Å²) in [5.74, 6) is -4.64. The third-order valence-electron chi connectivity index (χ3n) is 4.55. The number of aliphatic carboxylic acids is 1. The molecule has 27 heavy (non-hydrogen) atoms. The second-order valence-corrected chi connectivity index (χ2v) is 6.24. The lowest BCUT2D eigenvalue weighted by molar-refractivity contribution is -0.144. The fourth-order valence-corrected chi connectivity index (χ4v) is 3.06. The van der Waals surface area contributed by atoms with Gasteiger partial charge < -0.3 is 19.6 Å². The van der Waals surface area contributed by atoms with Crippen LogP contribution in [0.3, 0.4) is 0 Å². The Morgan fingerprint density at radius 1 is 1.26 bits per heavy atom. The van der Waals surface area contributed by atoms with Gasteiger partial charge in [0.1, 0.15) is 23.5 Å². The van der Waals surface area contributed by atoms with E-state index in [9.17, 15) is 23.5 Å². The molecule has 0 radical (unpaired) electrons. The molecule has 1 fully saturated rings. The van der Waals surface area contributed by atoms with E-state index in [1.54, 1.807) is 0 Å². The Kier molecular flexibility index (Phi) is 5.80. The van der Waals surface area contributed by atoms with Crippen LogP contribution in [0.25, 0.3) is 11.5 Å². The number of rotatable bonds is 6. The number of nitrogens with one attached hydrogen (secondary N) is 1. The van der Waals surface area contributed by atoms with Gasteiger partial charge in [0.05, 0.1) is 5.92 Å². The van der Waals surface area contributed by atoms with E-state index in [4.69, 9.17) is 9.15 Å². The lowest BCUT2D eigenvalue weighted by Crippen LogP contribution is -2.39. The van der Waals surface area contributed by atoms with Gasteiger partial charge >= 0.3 is 5.97 Å². The van der Waals surface area contributed by atoms with Crippen LogP contribution in [0.1, 0.15) is 23.3 Å². The molecule has 0 spiro atoms. The van der Waals surface area contributed by atoms with E-state index in [2.05, 4.69) is 10.3 Å². The average Bonchev–Trinajstić information content (AvgIpc) is 3.12. The van der Waals surface area contributed by atoms with Crippen molar-refractivity contribution in [1.29, 1.82) is 0 Å². The molecule has 1 atom stereocenters. The summed E-state index contributed by atoms with van der Waals surface area (Å²) in [4.78, 5) is 27.5. The van der Waals surface area contributed by atoms with E-state index in [1.807, 2.05) is 0 Å². The van der Waals surface area contributed by atoms with E-state index in [-0.39, 0.29) is 24.0 Å². The summed E-state index contributed by atoms with van der Waals surface area (Å²) in [5.41, 5.74) is -0.661. The van der Waals surface area contributed by atoms with Crippen LogP contribution >= 0.6 is 0 Å². The summed E-state index contributed by atoms with van der Waals surface area (Å²) in [6.45, 7) is 0.890. The van der Waals surface area contributed by atoms with Crippen molar-refractivity contribution in [1.82, 2.24) is 10.3 Å². The van der Waals surface area contributed by atoms with Gasteiger partial charge in [0.15, 0.2) is 5.69 Å². The summed E-state index contributed by atoms with van der Waals surface area (Å²) < 4.78 is 37.8. The fourth-order valence-electron chi connectivity index (χ4n) is 3.06. The van der Waals surface area contributed by atoms with Crippen LogP contribution < -0.4 is 5.32 Å². The van der Waals surface area contributed by atoms with Gasteiger partial charge in [0.25, 0.3) is 5.91 Å². The van der Waals surface area contributed by atoms with Crippen molar-refractivity contribution in [3.63, 3.8) is 0 Å². The zero-order chi connectivity index (χ0) is 19.4. The number of hydrogen-bond donors (Lipinski definition) is 2. The molecule has 1 aliphatic rings. The molecule has 1 aromatic carbocycles. The first-order chi connectivity index (χ1) is 13.0. The van der Waals surface area contributed by atoms with E-state index < -0.39 is 35.0 Å². The average molecular weight is 380 g/mol. The molecule has 1 aliphatic heterocycles. The van der Waals surface area contributed by atoms with Crippen LogP contribution in [0.2, 0.25) is 0 Å². The Morgan fingerprint density at radius 2 is 1.93 bits per heavy atom. The molecule has 1 aromatic heterocycles. The number of carboxylic acids is 1. The van der Waals surface area contributed by atoms with Crippen molar-refractivity contribution < 1.29 is 32.6 Å². The van der Waals surface area contributed by atoms with Crippen LogP contribution in [0.4, 0.5) is 8.78 Å². The molecule has 0 saturated carbocycles. The Hall–Kier alpha value is -2.81. The van der Waals surface area contributed by atoms with Crippen molar-refractivity contribution in [3.8, 4) is 11.5 Å². The number of aromatic nitrogens is 1. The number of ether oxygens (including phenoxy) is 1. The lowest BCUT2D eigenvalue weighted by Gasteiger charge is -2.27. The van der Waals surface area contributed by atoms with Crippen molar-refractivity contribution in [2.24, 2.45) is 11.8 Å². The first-order valence-corrected chi connectivity index (χ1v) is 8.46. The topological polar surface area (TPSA) is 102 Å². The lowest BCUT2D eigenvalue weighted by atomic mass is 9.86. The molecule has 2 aromatic rings. The molecule has 2 heterocycles. The molecule has 0 aliphatic carbocycles. The molecule has 9 heteroatoms. The van der Waals surface area contributed by atoms with E-state index in [0.717, 1.165) is 18.4 Å². The highest BCUT2D eigenvalue weighted by molar-refractivity contribution is 5.92. The zero-order valence-electron chi connectivity index (χ0n) is 14.3. The van der Waals surface area contributed by atoms with E-state index in [0.29, 0.717) is 26.1 Å². The van der Waals surface area contributed by atoms with Crippen LogP contribution in [0.15, 0.2) is 28.9 Å². The minimum atomic E-state index is -1.00. The van der Waals surface area contributed by atoms with Crippen LogP contribution in [-0.2, 0) is 9.53 Å². The van der Waals surface area contributed by atoms with Gasteiger partial charge in [-0.25, -0.2) is 13.8 Å². The summed E-state index contributed by atoms with van der Waals surface area (Å²) in [7, 11) is 0. The van der Waals surface area contributed by atoms with E-state index in [1.165, 1.54) is 6.07 Å². The Bertz CT molecular complexity index is 813. The van der Waals surface area contributed by atoms with Gasteiger partial charge in [0, 0.05) is 19.8 Å². The van der Waals surface area contributed by atoms with Gasteiger partial charge in [-0.05, 0) is 30.9 Å². The number of amides is 1. The number of hydrogen-bond acceptors (Lipinski definition) is 5. The van der Waals surface area contributed by atoms with Crippen molar-refractivity contribution in [3.05, 3.63) is 41.8 Å². The van der Waals surface area contributed by atoms with Crippen molar-refractivity contribution in [2.75, 3.05) is 19.8 Å². The molecular formula is C18H18F2N2O5. The summed E-state index contributed by atoms with van der Waals surface area (Å²) in [6.07, 6.45) is 2.18. The number of carboxylic acid groups (broad SMARTS) is 1. The second kappa shape index (κ2) is 8.26. The predicted molar refractivity (Wildman–Crippen MR) is 88.9 cm³/mol. The van der Waals surface area contributed by atoms with Gasteiger partial charge in [0.2, 0.25) is 5.89 Å². The van der Waals surface area contributed by atoms with Crippen molar-refractivity contribution >= 4 is 11.9 Å². The third-order valence-corrected chi connectivity index (χ3v) is 4.55. The Labute approximate surface area is 153 Å². The minimum Gasteiger partial charge on any atom is -0.481 e. The molecule has 144 valence electrons. The van der Waals surface area contributed by atoms with Crippen molar-refractivity contribution in [2.45, 2.75) is 12.8 Å². The molecule has 1 amide bonds. The quantitative estimate of drug-likeness (QED) is 0.798. The molecule has 3 rings (SSSR count). The normalized spacial score (nSPS) is 16.1. The van der Waals surface area contributed by atoms with Gasteiger partial charge in [-0.2, -0.15) is 0 Å². The first-order valence-electron chi connectivity index (χ1n) is 8.46. The molecule has 7 nitrogen and oxygen atoms in total. The standard InChI is InChI=1S/C18H18F2N2O5/c19-12-2-1-3-13(20)15(12)17-22-14(9-27-17)16(23)21-8-11(18(24)25)10-4-6-26-7-5-10/h1-3,9-11H,4-8H2,(H,21,23)(H,24,25). The maximum Gasteiger partial charge on any atom is 0.308 e. The Morgan fingerprint density at radius 3 is 2.56 bits per heavy atom. The molecule has 0 bridgehead atoms. The summed E-state index contributed by atoms with van der Waals surface area (Å²) >= 11 is 0. The maximum absolute atomic E-state index is 13.8. The first kappa shape index (κ1) is 19.0. The van der Waals surface area contributed by atoms with E-state index >= 15 is 0 Å². The molecular weight excluding hydrogens is 362 g/mol. The van der Waals surface area contributed by atoms with Gasteiger partial charge in [-0.1, -0.05) is 6.07 Å². The smallest absolute Gasteiger partial charge is 0.308 e. The minimum absolute atomic E-state index is 0.0882. The number of carbonyl (C=O) groups excluding carboxylic acids is 1. The van der Waals surface area contributed by atoms with Crippen LogP contribution in [-0.4, -0.2) is 41.7 Å². The summed E-state index contributed by atoms with van der Waals surface area (Å²) in [5, 5.41) is 11.9. The monoisotopic (exact) mass is 380 g/mol. The Balaban J connectivity index is 1.68. The molecule has 2 N–H and O–H groups in total. The third kappa shape index (κ3) is 4.30. The maximum atomic E-state index is 13.8. The number of benzene rings is 1. The highest BCUT2D eigenvalue weighted by Crippen LogP contribution is 2.26. The predicted octanol–water partition coefficient (Wildman–Crippen LogP) is 2.48. The summed E-state index contributed by atoms with van der Waals surface area (Å²) in [6, 6.07) is 3.30. The number of halogens is 2. The number of nitrogens with zero attached hydrogens (tertiary/aromatic N) is 1. The van der Waals surface area contributed by atoms with Gasteiger partial charge in [-0.3, -0.25) is 9.59 Å². The highest BCUT2D eigenvalue weighted by atomic mass is 19.1. The SMILES string of the molecule is O=C(NCC(C(=O)O)C1CCOCC1)c1coc(-c2c(F)cccc2F)n1. The fraction of sp³-hybridized carbons (Fsp3) is 0.389. The van der Waals surface area contributed by atoms with Gasteiger partial charge in [-0.15, -0.1) is 0 Å². The molecule has 1 unspecified atom stereocenters. The van der Waals surface area contributed by atoms with Crippen LogP contribution in [0, 0.1) is 23.5 Å². The number of oxazole rings is 1. The number of carbonyl (C=O) groups is 2. The molecule has 1 saturated heterocycles. The van der Waals surface area contributed by atoms with Crippen LogP contribution in [0.5, 0.6) is 0 Å². The zero-order valence-corrected chi connectivity index (χ0v) is 14.3. The highest BCUT2D eigenvalue weighted by Gasteiger charge is 2.30. The second-order valence-electron chi connectivity index (χ2n) is 6.24. The largest absolute Gasteiger partial charge is 0.481 e.